The summed E-state index contributed by atoms with van der Waals surface area (Å²) in [6.45, 7) is 1.69. The maximum atomic E-state index is 12.1. The zero-order valence-corrected chi connectivity index (χ0v) is 11.5. The molecule has 0 fully saturated rings. The van der Waals surface area contributed by atoms with Crippen molar-refractivity contribution in [2.75, 3.05) is 17.7 Å². The Morgan fingerprint density at radius 1 is 1.60 bits per heavy atom. The van der Waals surface area contributed by atoms with E-state index in [1.165, 1.54) is 0 Å². The molecule has 0 unspecified atom stereocenters. The number of nitrogens with one attached hydrogen (secondary N) is 1. The molecule has 20 heavy (non-hydrogen) atoms. The fourth-order valence-electron chi connectivity index (χ4n) is 1.60. The fraction of sp³-hybridized carbons (Fsp3) is 0.154. The smallest absolute Gasteiger partial charge is 0.267 e. The molecule has 3 N–H and O–H groups in total. The molecule has 0 atom stereocenters. The van der Waals surface area contributed by atoms with Crippen LogP contribution < -0.4 is 15.8 Å². The highest BCUT2D eigenvalue weighted by Crippen LogP contribution is 2.22. The van der Waals surface area contributed by atoms with Crippen LogP contribution in [0.4, 0.5) is 10.8 Å². The van der Waals surface area contributed by atoms with Crippen LogP contribution in [0.2, 0.25) is 0 Å². The number of carbonyl (C=O) groups excluding carboxylic acids is 1. The highest BCUT2D eigenvalue weighted by atomic mass is 32.1. The van der Waals surface area contributed by atoms with Gasteiger partial charge in [-0.3, -0.25) is 4.79 Å². The van der Waals surface area contributed by atoms with Gasteiger partial charge in [-0.15, -0.1) is 0 Å². The van der Waals surface area contributed by atoms with Crippen molar-refractivity contribution < 1.29 is 9.53 Å². The Morgan fingerprint density at radius 2 is 2.40 bits per heavy atom. The molecule has 1 aromatic heterocycles. The van der Waals surface area contributed by atoms with Crippen molar-refractivity contribution in [1.29, 1.82) is 5.26 Å². The molecule has 0 radical (unpaired) electrons. The number of nitrogens with zero attached hydrogens (tertiary/aromatic N) is 2. The van der Waals surface area contributed by atoms with E-state index >= 15 is 0 Å². The van der Waals surface area contributed by atoms with Gasteiger partial charge in [0, 0.05) is 11.8 Å². The molecule has 1 aromatic carbocycles. The normalized spacial score (nSPS) is 9.80. The number of thiazole rings is 1. The molecule has 0 saturated carbocycles. The van der Waals surface area contributed by atoms with E-state index in [4.69, 9.17) is 15.7 Å². The lowest BCUT2D eigenvalue weighted by Crippen LogP contribution is -2.11. The first-order valence-corrected chi connectivity index (χ1v) is 6.56. The summed E-state index contributed by atoms with van der Waals surface area (Å²) >= 11 is 1.14. The summed E-state index contributed by atoms with van der Waals surface area (Å²) in [5, 5.41) is 11.6. The predicted molar refractivity (Wildman–Crippen MR) is 76.8 cm³/mol. The van der Waals surface area contributed by atoms with E-state index in [0.29, 0.717) is 27.1 Å². The van der Waals surface area contributed by atoms with Gasteiger partial charge in [0.25, 0.3) is 5.91 Å². The second-order valence-electron chi connectivity index (χ2n) is 3.90. The fourth-order valence-corrected chi connectivity index (χ4v) is 2.32. The standard InChI is InChI=1S/C13H12N4O2S/c1-8-11(20-13(15)16-8)12(18)17-9-3-2-4-10(7-9)19-6-5-14/h2-4,7H,6H2,1H3,(H2,15,16)(H,17,18). The summed E-state index contributed by atoms with van der Waals surface area (Å²) in [5.74, 6) is 0.249. The maximum Gasteiger partial charge on any atom is 0.267 e. The molecule has 1 amide bonds. The van der Waals surface area contributed by atoms with E-state index < -0.39 is 0 Å². The summed E-state index contributed by atoms with van der Waals surface area (Å²) in [4.78, 5) is 16.6. The van der Waals surface area contributed by atoms with Crippen LogP contribution in [0.3, 0.4) is 0 Å². The minimum Gasteiger partial charge on any atom is -0.479 e. The van der Waals surface area contributed by atoms with Crippen LogP contribution >= 0.6 is 11.3 Å². The highest BCUT2D eigenvalue weighted by molar-refractivity contribution is 7.17. The van der Waals surface area contributed by atoms with Crippen molar-refractivity contribution in [3.63, 3.8) is 0 Å². The van der Waals surface area contributed by atoms with Crippen LogP contribution in [-0.2, 0) is 0 Å². The molecule has 0 aliphatic rings. The molecule has 2 rings (SSSR count). The molecule has 0 aliphatic carbocycles. The minimum absolute atomic E-state index is 0.0398. The lowest BCUT2D eigenvalue weighted by Gasteiger charge is -2.06. The Kier molecular flexibility index (Phi) is 4.17. The summed E-state index contributed by atoms with van der Waals surface area (Å²) < 4.78 is 5.17. The summed E-state index contributed by atoms with van der Waals surface area (Å²) in [5.41, 5.74) is 6.75. The van der Waals surface area contributed by atoms with Crippen LogP contribution in [0, 0.1) is 18.3 Å². The lowest BCUT2D eigenvalue weighted by molar-refractivity contribution is 0.103. The van der Waals surface area contributed by atoms with Crippen molar-refractivity contribution in [1.82, 2.24) is 4.98 Å². The van der Waals surface area contributed by atoms with Gasteiger partial charge in [-0.25, -0.2) is 4.98 Å². The number of ether oxygens (including phenoxy) is 1. The first kappa shape index (κ1) is 13.8. The molecule has 6 nitrogen and oxygen atoms in total. The van der Waals surface area contributed by atoms with Crippen LogP contribution in [0.1, 0.15) is 15.4 Å². The number of nitrogens with two attached hydrogens (primary N) is 1. The highest BCUT2D eigenvalue weighted by Gasteiger charge is 2.14. The van der Waals surface area contributed by atoms with Gasteiger partial charge < -0.3 is 15.8 Å². The Balaban J connectivity index is 2.12. The van der Waals surface area contributed by atoms with E-state index in [1.807, 2.05) is 6.07 Å². The lowest BCUT2D eigenvalue weighted by atomic mass is 10.3. The van der Waals surface area contributed by atoms with Gasteiger partial charge in [-0.05, 0) is 19.1 Å². The Labute approximate surface area is 119 Å². The van der Waals surface area contributed by atoms with Crippen molar-refractivity contribution in [2.24, 2.45) is 0 Å². The number of aromatic nitrogens is 1. The number of carbonyl (C=O) groups is 1. The van der Waals surface area contributed by atoms with Gasteiger partial charge in [0.1, 0.15) is 16.7 Å². The number of nitrogen functional groups attached to an aromatic ring is 1. The SMILES string of the molecule is Cc1nc(N)sc1C(=O)Nc1cccc(OCC#N)c1. The largest absolute Gasteiger partial charge is 0.479 e. The number of amides is 1. The minimum atomic E-state index is -0.269. The van der Waals surface area contributed by atoms with Gasteiger partial charge in [-0.2, -0.15) is 5.26 Å². The van der Waals surface area contributed by atoms with E-state index in [0.717, 1.165) is 11.3 Å². The first-order valence-electron chi connectivity index (χ1n) is 5.74. The number of rotatable bonds is 4. The van der Waals surface area contributed by atoms with Crippen LogP contribution in [0.5, 0.6) is 5.75 Å². The number of aryl methyl sites for hydroxylation is 1. The number of anilines is 2. The van der Waals surface area contributed by atoms with Gasteiger partial charge >= 0.3 is 0 Å². The molecule has 7 heteroatoms. The Hall–Kier alpha value is -2.59. The molecule has 102 valence electrons. The van der Waals surface area contributed by atoms with Crippen LogP contribution in [-0.4, -0.2) is 17.5 Å². The zero-order chi connectivity index (χ0) is 14.5. The number of hydrogen-bond acceptors (Lipinski definition) is 6. The third-order valence-corrected chi connectivity index (χ3v) is 3.40. The maximum absolute atomic E-state index is 12.1. The van der Waals surface area contributed by atoms with E-state index in [2.05, 4.69) is 10.3 Å². The van der Waals surface area contributed by atoms with E-state index in [-0.39, 0.29) is 12.5 Å². The van der Waals surface area contributed by atoms with Crippen molar-refractivity contribution in [3.05, 3.63) is 34.8 Å². The number of benzene rings is 1. The molecular weight excluding hydrogens is 276 g/mol. The summed E-state index contributed by atoms with van der Waals surface area (Å²) in [6, 6.07) is 8.71. The molecular formula is C13H12N4O2S. The average Bonchev–Trinajstić information content (AvgIpc) is 2.76. The van der Waals surface area contributed by atoms with Gasteiger partial charge in [0.15, 0.2) is 11.7 Å². The average molecular weight is 288 g/mol. The van der Waals surface area contributed by atoms with Gasteiger partial charge in [-0.1, -0.05) is 17.4 Å². The Morgan fingerprint density at radius 3 is 3.05 bits per heavy atom. The third-order valence-electron chi connectivity index (χ3n) is 2.41. The van der Waals surface area contributed by atoms with Gasteiger partial charge in [0.2, 0.25) is 0 Å². The molecule has 0 bridgehead atoms. The third kappa shape index (κ3) is 3.24. The molecule has 0 spiro atoms. The second kappa shape index (κ2) is 6.04. The molecule has 1 heterocycles. The number of nitriles is 1. The predicted octanol–water partition coefficient (Wildman–Crippen LogP) is 2.19. The van der Waals surface area contributed by atoms with Crippen LogP contribution in [0.15, 0.2) is 24.3 Å². The van der Waals surface area contributed by atoms with Crippen molar-refractivity contribution in [3.8, 4) is 11.8 Å². The molecule has 2 aromatic rings. The van der Waals surface area contributed by atoms with Gasteiger partial charge in [0.05, 0.1) is 5.69 Å². The van der Waals surface area contributed by atoms with Crippen LogP contribution in [0.25, 0.3) is 0 Å². The monoisotopic (exact) mass is 288 g/mol. The zero-order valence-electron chi connectivity index (χ0n) is 10.7. The van der Waals surface area contributed by atoms with Crippen molar-refractivity contribution >= 4 is 28.1 Å². The van der Waals surface area contributed by atoms with Crippen molar-refractivity contribution in [2.45, 2.75) is 6.92 Å². The molecule has 0 aliphatic heterocycles. The second-order valence-corrected chi connectivity index (χ2v) is 4.93. The number of hydrogen-bond donors (Lipinski definition) is 2. The molecule has 0 saturated heterocycles. The summed E-state index contributed by atoms with van der Waals surface area (Å²) in [7, 11) is 0. The topological polar surface area (TPSA) is 101 Å². The van der Waals surface area contributed by atoms with E-state index in [1.54, 1.807) is 31.2 Å². The first-order chi connectivity index (χ1) is 9.60. The Bertz CT molecular complexity index is 675. The quantitative estimate of drug-likeness (QED) is 0.898. The van der Waals surface area contributed by atoms with E-state index in [9.17, 15) is 4.79 Å². The summed E-state index contributed by atoms with van der Waals surface area (Å²) in [6.07, 6.45) is 0.